The van der Waals surface area contributed by atoms with Gasteiger partial charge in [-0.2, -0.15) is 0 Å². The lowest BCUT2D eigenvalue weighted by molar-refractivity contribution is 0.627. The molecule has 0 amide bonds. The van der Waals surface area contributed by atoms with Crippen molar-refractivity contribution in [3.8, 4) is 0 Å². The Hall–Kier alpha value is -2.45. The summed E-state index contributed by atoms with van der Waals surface area (Å²) < 4.78 is 33.6. The van der Waals surface area contributed by atoms with E-state index in [0.717, 1.165) is 5.69 Å². The van der Waals surface area contributed by atoms with E-state index in [0.29, 0.717) is 22.9 Å². The summed E-state index contributed by atoms with van der Waals surface area (Å²) in [5.41, 5.74) is 2.03. The van der Waals surface area contributed by atoms with Crippen LogP contribution in [0, 0.1) is 24.4 Å². The summed E-state index contributed by atoms with van der Waals surface area (Å²) in [6.07, 6.45) is 1.32. The third kappa shape index (κ3) is 4.28. The Kier molecular flexibility index (Phi) is 5.21. The first kappa shape index (κ1) is 19.3. The molecule has 0 aliphatic carbocycles. The van der Waals surface area contributed by atoms with Gasteiger partial charge in [0.15, 0.2) is 5.03 Å². The second-order valence-corrected chi connectivity index (χ2v) is 8.79. The highest BCUT2D eigenvalue weighted by Crippen LogP contribution is 2.29. The maximum Gasteiger partial charge on any atom is 0.156 e. The number of nitrogens with one attached hydrogen (secondary N) is 3. The molecule has 2 heterocycles. The fourth-order valence-corrected chi connectivity index (χ4v) is 3.85. The molecule has 3 rings (SSSR count). The highest BCUT2D eigenvalue weighted by atomic mass is 35.5. The molecule has 6 nitrogen and oxygen atoms in total. The zero-order valence-corrected chi connectivity index (χ0v) is 16.6. The molecule has 3 N–H and O–H groups in total. The van der Waals surface area contributed by atoms with E-state index in [-0.39, 0.29) is 10.0 Å². The Labute approximate surface area is 162 Å². The van der Waals surface area contributed by atoms with Gasteiger partial charge in [-0.3, -0.25) is 0 Å². The van der Waals surface area contributed by atoms with Crippen molar-refractivity contribution in [3.05, 3.63) is 70.0 Å². The number of hydrogen-bond donors (Lipinski definition) is 3. The molecular weight excluding hydrogens is 389 g/mol. The van der Waals surface area contributed by atoms with Gasteiger partial charge in [-0.15, -0.1) is 0 Å². The maximum absolute atomic E-state index is 13.6. The number of imidazole rings is 1. The van der Waals surface area contributed by atoms with Crippen molar-refractivity contribution in [3.63, 3.8) is 0 Å². The van der Waals surface area contributed by atoms with Crippen molar-refractivity contribution in [2.75, 3.05) is 11.6 Å². The van der Waals surface area contributed by atoms with Gasteiger partial charge in [0.25, 0.3) is 0 Å². The minimum Gasteiger partial charge on any atom is -0.356 e. The lowest BCUT2D eigenvalue weighted by Crippen LogP contribution is -2.15. The van der Waals surface area contributed by atoms with Crippen molar-refractivity contribution >= 4 is 27.1 Å². The highest BCUT2D eigenvalue weighted by molar-refractivity contribution is 7.91. The molecule has 0 aliphatic rings. The zero-order valence-electron chi connectivity index (χ0n) is 15.0. The van der Waals surface area contributed by atoms with Crippen molar-refractivity contribution in [2.45, 2.75) is 24.9 Å². The van der Waals surface area contributed by atoms with Crippen molar-refractivity contribution in [1.82, 2.24) is 15.0 Å². The van der Waals surface area contributed by atoms with E-state index in [9.17, 15) is 8.60 Å². The Morgan fingerprint density at radius 3 is 2.59 bits per heavy atom. The number of benzene rings is 1. The number of aromatic amines is 1. The van der Waals surface area contributed by atoms with Gasteiger partial charge in [-0.1, -0.05) is 23.7 Å². The van der Waals surface area contributed by atoms with Crippen LogP contribution in [0.1, 0.15) is 28.8 Å². The van der Waals surface area contributed by atoms with Crippen LogP contribution in [-0.4, -0.2) is 25.4 Å². The smallest absolute Gasteiger partial charge is 0.156 e. The van der Waals surface area contributed by atoms with Gasteiger partial charge in [0.2, 0.25) is 0 Å². The molecule has 0 radical (unpaired) electrons. The minimum atomic E-state index is -2.99. The lowest BCUT2D eigenvalue weighted by atomic mass is 10.1. The summed E-state index contributed by atoms with van der Waals surface area (Å²) in [5, 5.41) is 3.43. The van der Waals surface area contributed by atoms with Crippen molar-refractivity contribution < 1.29 is 8.60 Å². The van der Waals surface area contributed by atoms with Gasteiger partial charge in [0.05, 0.1) is 14.8 Å². The number of H-pyrrole nitrogens is 1. The molecule has 1 unspecified atom stereocenters. The van der Waals surface area contributed by atoms with E-state index in [1.807, 2.05) is 19.1 Å². The summed E-state index contributed by atoms with van der Waals surface area (Å²) >= 11 is 5.96. The van der Waals surface area contributed by atoms with E-state index in [1.165, 1.54) is 18.4 Å². The Morgan fingerprint density at radius 1 is 1.26 bits per heavy atom. The molecule has 0 aliphatic heterocycles. The van der Waals surface area contributed by atoms with Crippen LogP contribution in [0.5, 0.6) is 0 Å². The van der Waals surface area contributed by atoms with Gasteiger partial charge in [-0.25, -0.2) is 23.3 Å². The maximum atomic E-state index is 13.6. The number of rotatable bonds is 5. The molecule has 27 heavy (non-hydrogen) atoms. The van der Waals surface area contributed by atoms with E-state index >= 15 is 0 Å². The molecular formula is C18H19ClFN5OS. The second-order valence-electron chi connectivity index (χ2n) is 6.31. The van der Waals surface area contributed by atoms with Crippen molar-refractivity contribution in [2.24, 2.45) is 0 Å². The fraction of sp³-hybridized carbons (Fsp3) is 0.222. The van der Waals surface area contributed by atoms with Gasteiger partial charge in [0.1, 0.15) is 23.5 Å². The Morgan fingerprint density at radius 2 is 2.00 bits per heavy atom. The van der Waals surface area contributed by atoms with Crippen LogP contribution < -0.4 is 5.32 Å². The summed E-state index contributed by atoms with van der Waals surface area (Å²) in [4.78, 5) is 11.9. The minimum absolute atomic E-state index is 0.0141. The number of hydrogen-bond acceptors (Lipinski definition) is 5. The summed E-state index contributed by atoms with van der Waals surface area (Å²) in [6, 6.07) is 9.36. The molecule has 2 aromatic heterocycles. The lowest BCUT2D eigenvalue weighted by Gasteiger charge is -2.18. The van der Waals surface area contributed by atoms with Crippen LogP contribution in [0.3, 0.4) is 0 Å². The van der Waals surface area contributed by atoms with E-state index in [4.69, 9.17) is 16.4 Å². The number of pyridine rings is 1. The van der Waals surface area contributed by atoms with Gasteiger partial charge < -0.3 is 10.3 Å². The van der Waals surface area contributed by atoms with Gasteiger partial charge in [-0.05, 0) is 43.7 Å². The third-order valence-electron chi connectivity index (χ3n) is 3.96. The molecule has 0 bridgehead atoms. The highest BCUT2D eigenvalue weighted by Gasteiger charge is 2.23. The Balaban J connectivity index is 2.11. The van der Waals surface area contributed by atoms with Crippen LogP contribution in [0.4, 0.5) is 10.2 Å². The average molecular weight is 408 g/mol. The number of aromatic nitrogens is 3. The van der Waals surface area contributed by atoms with E-state index in [2.05, 4.69) is 20.3 Å². The molecule has 0 spiro atoms. The van der Waals surface area contributed by atoms with Crippen LogP contribution in [0.15, 0.2) is 41.4 Å². The molecule has 142 valence electrons. The first-order valence-corrected chi connectivity index (χ1v) is 10.4. The summed E-state index contributed by atoms with van der Waals surface area (Å²) in [6.45, 7) is 3.58. The molecule has 0 saturated heterocycles. The number of anilines is 1. The number of halogens is 2. The normalized spacial score (nSPS) is 14.6. The Bertz CT molecular complexity index is 1100. The molecule has 9 heteroatoms. The standard InChI is InChI=1S/C18H19ClFN5OS/c1-10-5-4-6-15(22-10)24-16(12-7-8-14(20)13(19)9-12)17-23-11(2)18(25-17)27(3,21)26/h4-9,16,21H,1-3H3,(H,22,24)(H,23,25)/t16?,27-/m0/s1. The molecule has 3 aromatic rings. The number of nitrogens with zero attached hydrogens (tertiary/aromatic N) is 2. The monoisotopic (exact) mass is 407 g/mol. The van der Waals surface area contributed by atoms with Gasteiger partial charge in [0, 0.05) is 17.6 Å². The van der Waals surface area contributed by atoms with Crippen LogP contribution in [-0.2, 0) is 9.73 Å². The number of aryl methyl sites for hydroxylation is 2. The summed E-state index contributed by atoms with van der Waals surface area (Å²) in [5.74, 6) is 0.515. The van der Waals surface area contributed by atoms with Gasteiger partial charge >= 0.3 is 0 Å². The van der Waals surface area contributed by atoms with Crippen LogP contribution in [0.25, 0.3) is 0 Å². The molecule has 0 fully saturated rings. The predicted octanol–water partition coefficient (Wildman–Crippen LogP) is 4.45. The first-order valence-electron chi connectivity index (χ1n) is 8.10. The van der Waals surface area contributed by atoms with E-state index in [1.54, 1.807) is 19.1 Å². The van der Waals surface area contributed by atoms with Crippen LogP contribution >= 0.6 is 11.6 Å². The molecule has 2 atom stereocenters. The third-order valence-corrected chi connectivity index (χ3v) is 5.38. The SMILES string of the molecule is Cc1cccc(NC(c2ccc(F)c(Cl)c2)c2nc([S@@](C)(=N)=O)c(C)[nH]2)n1. The fourth-order valence-electron chi connectivity index (χ4n) is 2.76. The predicted molar refractivity (Wildman–Crippen MR) is 104 cm³/mol. The molecule has 1 aromatic carbocycles. The molecule has 0 saturated carbocycles. The topological polar surface area (TPSA) is 94.5 Å². The largest absolute Gasteiger partial charge is 0.356 e. The van der Waals surface area contributed by atoms with E-state index < -0.39 is 21.6 Å². The second kappa shape index (κ2) is 7.28. The van der Waals surface area contributed by atoms with Crippen molar-refractivity contribution in [1.29, 1.82) is 4.78 Å². The summed E-state index contributed by atoms with van der Waals surface area (Å²) in [7, 11) is -2.99. The zero-order chi connectivity index (χ0) is 19.8. The average Bonchev–Trinajstić information content (AvgIpc) is 2.97. The van der Waals surface area contributed by atoms with Crippen LogP contribution in [0.2, 0.25) is 5.02 Å². The quantitative estimate of drug-likeness (QED) is 0.582. The first-order chi connectivity index (χ1) is 12.6.